The number of rotatable bonds is 9. The third-order valence-electron chi connectivity index (χ3n) is 5.35. The Hall–Kier alpha value is -2.14. The van der Waals surface area contributed by atoms with Gasteiger partial charge in [0, 0.05) is 30.5 Å². The van der Waals surface area contributed by atoms with Crippen LogP contribution >= 0.6 is 0 Å². The maximum absolute atomic E-state index is 12.4. The lowest BCUT2D eigenvalue weighted by atomic mass is 10.0. The van der Waals surface area contributed by atoms with E-state index >= 15 is 0 Å². The van der Waals surface area contributed by atoms with Crippen LogP contribution in [0.5, 0.6) is 0 Å². The first-order valence-electron chi connectivity index (χ1n) is 10.1. The maximum atomic E-state index is 12.4. The van der Waals surface area contributed by atoms with Crippen molar-refractivity contribution in [2.75, 3.05) is 27.2 Å². The predicted molar refractivity (Wildman–Crippen MR) is 109 cm³/mol. The molecule has 27 heavy (non-hydrogen) atoms. The molecule has 0 fully saturated rings. The molecule has 2 aromatic rings. The van der Waals surface area contributed by atoms with Crippen LogP contribution in [0, 0.1) is 0 Å². The summed E-state index contributed by atoms with van der Waals surface area (Å²) in [6, 6.07) is 8.13. The number of para-hydroxylation sites is 1. The molecule has 1 aliphatic rings. The number of benzene rings is 1. The summed E-state index contributed by atoms with van der Waals surface area (Å²) in [7, 11) is 4.15. The first kappa shape index (κ1) is 19.6. The number of nitrogens with one attached hydrogen (secondary N) is 1. The van der Waals surface area contributed by atoms with E-state index in [0.717, 1.165) is 61.7 Å². The molecule has 1 aromatic carbocycles. The Morgan fingerprint density at radius 1 is 1.15 bits per heavy atom. The van der Waals surface area contributed by atoms with Gasteiger partial charge in [0.25, 0.3) is 0 Å². The highest BCUT2D eigenvalue weighted by Crippen LogP contribution is 2.30. The van der Waals surface area contributed by atoms with Crippen LogP contribution < -0.4 is 5.32 Å². The first-order valence-corrected chi connectivity index (χ1v) is 10.1. The molecule has 5 heteroatoms. The lowest BCUT2D eigenvalue weighted by Crippen LogP contribution is -2.26. The Morgan fingerprint density at radius 2 is 1.96 bits per heavy atom. The van der Waals surface area contributed by atoms with Gasteiger partial charge in [-0.25, -0.2) is 0 Å². The largest absolute Gasteiger partial charge is 0.356 e. The van der Waals surface area contributed by atoms with E-state index in [9.17, 15) is 9.59 Å². The fourth-order valence-electron chi connectivity index (χ4n) is 4.01. The quantitative estimate of drug-likeness (QED) is 0.689. The molecular formula is C22H31N3O2. The van der Waals surface area contributed by atoms with Crippen LogP contribution in [0.2, 0.25) is 0 Å². The van der Waals surface area contributed by atoms with Gasteiger partial charge in [-0.15, -0.1) is 0 Å². The van der Waals surface area contributed by atoms with E-state index in [0.29, 0.717) is 19.4 Å². The number of nitrogens with zero attached hydrogens (tertiary/aromatic N) is 2. The van der Waals surface area contributed by atoms with Gasteiger partial charge in [-0.2, -0.15) is 0 Å². The Labute approximate surface area is 161 Å². The van der Waals surface area contributed by atoms with E-state index < -0.39 is 0 Å². The molecule has 146 valence electrons. The zero-order valence-electron chi connectivity index (χ0n) is 16.6. The number of carbonyl (C=O) groups excluding carboxylic acids is 2. The molecule has 0 aliphatic carbocycles. The summed E-state index contributed by atoms with van der Waals surface area (Å²) >= 11 is 0. The SMILES string of the molecule is CN(C)CCCCCC(=O)NCCc1c2n(c3ccccc13)C(=O)CCC2. The molecule has 0 radical (unpaired) electrons. The highest BCUT2D eigenvalue weighted by molar-refractivity contribution is 5.96. The molecule has 0 saturated heterocycles. The van der Waals surface area contributed by atoms with E-state index in [-0.39, 0.29) is 11.8 Å². The predicted octanol–water partition coefficient (Wildman–Crippen LogP) is 3.40. The molecule has 3 rings (SSSR count). The van der Waals surface area contributed by atoms with Gasteiger partial charge < -0.3 is 10.2 Å². The molecule has 1 aromatic heterocycles. The molecule has 0 saturated carbocycles. The summed E-state index contributed by atoms with van der Waals surface area (Å²) in [5.41, 5.74) is 3.38. The first-order chi connectivity index (χ1) is 13.1. The van der Waals surface area contributed by atoms with Crippen LogP contribution in [-0.4, -0.2) is 48.5 Å². The third kappa shape index (κ3) is 4.78. The van der Waals surface area contributed by atoms with Crippen molar-refractivity contribution in [1.82, 2.24) is 14.8 Å². The van der Waals surface area contributed by atoms with Crippen LogP contribution in [0.1, 0.15) is 54.6 Å². The number of amides is 1. The molecule has 2 heterocycles. The topological polar surface area (TPSA) is 54.3 Å². The van der Waals surface area contributed by atoms with Crippen molar-refractivity contribution in [3.8, 4) is 0 Å². The molecular weight excluding hydrogens is 338 g/mol. The van der Waals surface area contributed by atoms with Gasteiger partial charge >= 0.3 is 0 Å². The summed E-state index contributed by atoms with van der Waals surface area (Å²) in [6.07, 6.45) is 7.02. The fourth-order valence-corrected chi connectivity index (χ4v) is 4.01. The molecule has 0 unspecified atom stereocenters. The van der Waals surface area contributed by atoms with Gasteiger partial charge in [0.05, 0.1) is 5.52 Å². The van der Waals surface area contributed by atoms with Crippen molar-refractivity contribution in [1.29, 1.82) is 0 Å². The van der Waals surface area contributed by atoms with Gasteiger partial charge in [-0.3, -0.25) is 14.2 Å². The Bertz CT molecular complexity index is 807. The Kier molecular flexibility index (Phi) is 6.67. The maximum Gasteiger partial charge on any atom is 0.231 e. The average molecular weight is 370 g/mol. The minimum absolute atomic E-state index is 0.133. The molecule has 0 spiro atoms. The highest BCUT2D eigenvalue weighted by atomic mass is 16.2. The number of unbranched alkanes of at least 4 members (excludes halogenated alkanes) is 2. The van der Waals surface area contributed by atoms with Crippen molar-refractivity contribution in [3.05, 3.63) is 35.5 Å². The number of aromatic nitrogens is 1. The lowest BCUT2D eigenvalue weighted by molar-refractivity contribution is -0.121. The van der Waals surface area contributed by atoms with Crippen molar-refractivity contribution in [2.45, 2.75) is 51.4 Å². The Morgan fingerprint density at radius 3 is 2.78 bits per heavy atom. The normalized spacial score (nSPS) is 14.0. The molecule has 1 aliphatic heterocycles. The van der Waals surface area contributed by atoms with E-state index in [4.69, 9.17) is 0 Å². The van der Waals surface area contributed by atoms with Crippen molar-refractivity contribution < 1.29 is 9.59 Å². The number of carbonyl (C=O) groups is 2. The second-order valence-corrected chi connectivity index (χ2v) is 7.74. The molecule has 5 nitrogen and oxygen atoms in total. The van der Waals surface area contributed by atoms with Gasteiger partial charge in [0.2, 0.25) is 11.8 Å². The average Bonchev–Trinajstić information content (AvgIpc) is 2.96. The minimum Gasteiger partial charge on any atom is -0.356 e. The Balaban J connectivity index is 1.55. The van der Waals surface area contributed by atoms with Crippen LogP contribution in [0.4, 0.5) is 0 Å². The zero-order chi connectivity index (χ0) is 19.2. The highest BCUT2D eigenvalue weighted by Gasteiger charge is 2.24. The van der Waals surface area contributed by atoms with E-state index in [2.05, 4.69) is 30.4 Å². The number of fused-ring (bicyclic) bond motifs is 3. The monoisotopic (exact) mass is 369 g/mol. The summed E-state index contributed by atoms with van der Waals surface area (Å²) < 4.78 is 1.90. The van der Waals surface area contributed by atoms with E-state index in [1.54, 1.807) is 0 Å². The molecule has 1 N–H and O–H groups in total. The summed E-state index contributed by atoms with van der Waals surface area (Å²) in [5.74, 6) is 0.328. The van der Waals surface area contributed by atoms with Crippen molar-refractivity contribution in [3.63, 3.8) is 0 Å². The third-order valence-corrected chi connectivity index (χ3v) is 5.35. The lowest BCUT2D eigenvalue weighted by Gasteiger charge is -2.16. The van der Waals surface area contributed by atoms with Crippen LogP contribution in [-0.2, 0) is 17.6 Å². The molecule has 0 bridgehead atoms. The summed E-state index contributed by atoms with van der Waals surface area (Å²) in [6.45, 7) is 1.71. The fraction of sp³-hybridized carbons (Fsp3) is 0.545. The molecule has 1 amide bonds. The van der Waals surface area contributed by atoms with E-state index in [1.165, 1.54) is 5.56 Å². The van der Waals surface area contributed by atoms with Gasteiger partial charge in [-0.1, -0.05) is 24.6 Å². The minimum atomic E-state index is 0.133. The van der Waals surface area contributed by atoms with Crippen LogP contribution in [0.15, 0.2) is 24.3 Å². The second kappa shape index (κ2) is 9.18. The van der Waals surface area contributed by atoms with Gasteiger partial charge in [0.15, 0.2) is 0 Å². The second-order valence-electron chi connectivity index (χ2n) is 7.74. The number of hydrogen-bond donors (Lipinski definition) is 1. The van der Waals surface area contributed by atoms with Gasteiger partial charge in [0.1, 0.15) is 0 Å². The summed E-state index contributed by atoms with van der Waals surface area (Å²) in [4.78, 5) is 26.7. The van der Waals surface area contributed by atoms with Crippen LogP contribution in [0.25, 0.3) is 10.9 Å². The van der Waals surface area contributed by atoms with Gasteiger partial charge in [-0.05, 0) is 64.4 Å². The smallest absolute Gasteiger partial charge is 0.231 e. The van der Waals surface area contributed by atoms with Crippen LogP contribution in [0.3, 0.4) is 0 Å². The molecule has 0 atom stereocenters. The van der Waals surface area contributed by atoms with Crippen molar-refractivity contribution in [2.24, 2.45) is 0 Å². The zero-order valence-corrected chi connectivity index (χ0v) is 16.6. The summed E-state index contributed by atoms with van der Waals surface area (Å²) in [5, 5.41) is 4.21. The number of hydrogen-bond acceptors (Lipinski definition) is 3. The standard InChI is InChI=1S/C22H31N3O2/c1-24(2)16-7-3-4-12-21(26)23-15-14-18-17-9-5-6-10-19(17)25-20(18)11-8-13-22(25)27/h5-6,9-10H,3-4,7-8,11-16H2,1-2H3,(H,23,26). The van der Waals surface area contributed by atoms with E-state index in [1.807, 2.05) is 22.8 Å². The van der Waals surface area contributed by atoms with Crippen molar-refractivity contribution >= 4 is 22.7 Å².